The highest BCUT2D eigenvalue weighted by atomic mass is 16.5. The molecule has 0 spiro atoms. The molecule has 0 unspecified atom stereocenters. The number of ether oxygens (including phenoxy) is 1. The van der Waals surface area contributed by atoms with Crippen LogP contribution in [0.4, 0.5) is 11.4 Å². The van der Waals surface area contributed by atoms with E-state index in [2.05, 4.69) is 15.5 Å². The first-order chi connectivity index (χ1) is 14.5. The summed E-state index contributed by atoms with van der Waals surface area (Å²) >= 11 is 0. The molecule has 6 heteroatoms. The fourth-order valence-corrected chi connectivity index (χ4v) is 3.85. The number of hydrogen-bond donors (Lipinski definition) is 2. The normalized spacial score (nSPS) is 14.0. The molecule has 0 atom stereocenters. The first-order valence-corrected chi connectivity index (χ1v) is 10.7. The zero-order valence-corrected chi connectivity index (χ0v) is 17.8. The topological polar surface area (TPSA) is 70.7 Å². The molecule has 0 radical (unpaired) electrons. The van der Waals surface area contributed by atoms with Gasteiger partial charge in [0.15, 0.2) is 0 Å². The van der Waals surface area contributed by atoms with Gasteiger partial charge in [-0.2, -0.15) is 0 Å². The Morgan fingerprint density at radius 3 is 2.20 bits per heavy atom. The van der Waals surface area contributed by atoms with Gasteiger partial charge in [0.25, 0.3) is 5.91 Å². The summed E-state index contributed by atoms with van der Waals surface area (Å²) in [5, 5.41) is 5.77. The molecule has 1 aliphatic rings. The smallest absolute Gasteiger partial charge is 0.255 e. The fourth-order valence-electron chi connectivity index (χ4n) is 3.85. The van der Waals surface area contributed by atoms with Gasteiger partial charge in [0.05, 0.1) is 13.2 Å². The highest BCUT2D eigenvalue weighted by Gasteiger charge is 2.18. The number of nitrogens with zero attached hydrogens (tertiary/aromatic N) is 1. The molecule has 2 N–H and O–H groups in total. The Hall–Kier alpha value is -2.86. The van der Waals surface area contributed by atoms with Crippen LogP contribution < -0.4 is 15.4 Å². The van der Waals surface area contributed by atoms with Gasteiger partial charge in [-0.25, -0.2) is 0 Å². The zero-order valence-electron chi connectivity index (χ0n) is 17.8. The lowest BCUT2D eigenvalue weighted by molar-refractivity contribution is -0.117. The van der Waals surface area contributed by atoms with Gasteiger partial charge < -0.3 is 15.4 Å². The minimum Gasteiger partial charge on any atom is -0.494 e. The van der Waals surface area contributed by atoms with Crippen LogP contribution in [0.1, 0.15) is 43.0 Å². The number of benzene rings is 2. The fraction of sp³-hybridized carbons (Fsp3) is 0.417. The van der Waals surface area contributed by atoms with Crippen LogP contribution in [0, 0.1) is 5.92 Å². The Morgan fingerprint density at radius 1 is 0.967 bits per heavy atom. The second-order valence-corrected chi connectivity index (χ2v) is 7.88. The summed E-state index contributed by atoms with van der Waals surface area (Å²) in [5.74, 6) is 1.25. The van der Waals surface area contributed by atoms with Gasteiger partial charge in [0, 0.05) is 23.5 Å². The molecular formula is C24H31N3O3. The van der Waals surface area contributed by atoms with Crippen LogP contribution in [0.25, 0.3) is 0 Å². The van der Waals surface area contributed by atoms with Gasteiger partial charge in [-0.1, -0.05) is 12.8 Å². The summed E-state index contributed by atoms with van der Waals surface area (Å²) in [6, 6.07) is 14.2. The van der Waals surface area contributed by atoms with Gasteiger partial charge in [0.1, 0.15) is 5.75 Å². The second-order valence-electron chi connectivity index (χ2n) is 7.88. The van der Waals surface area contributed by atoms with Crippen LogP contribution in [0.3, 0.4) is 0 Å². The van der Waals surface area contributed by atoms with Crippen LogP contribution in [0.5, 0.6) is 5.75 Å². The Morgan fingerprint density at radius 2 is 1.57 bits per heavy atom. The lowest BCUT2D eigenvalue weighted by Gasteiger charge is -2.20. The molecule has 3 rings (SSSR count). The van der Waals surface area contributed by atoms with Crippen LogP contribution >= 0.6 is 0 Å². The Balaban J connectivity index is 1.47. The van der Waals surface area contributed by atoms with Crippen molar-refractivity contribution in [3.63, 3.8) is 0 Å². The molecular weight excluding hydrogens is 378 g/mol. The van der Waals surface area contributed by atoms with E-state index < -0.39 is 0 Å². The Bertz CT molecular complexity index is 828. The van der Waals surface area contributed by atoms with Crippen molar-refractivity contribution < 1.29 is 14.3 Å². The maximum Gasteiger partial charge on any atom is 0.255 e. The van der Waals surface area contributed by atoms with Crippen molar-refractivity contribution in [2.24, 2.45) is 5.92 Å². The molecule has 30 heavy (non-hydrogen) atoms. The van der Waals surface area contributed by atoms with Crippen LogP contribution in [-0.4, -0.2) is 43.5 Å². The van der Waals surface area contributed by atoms with E-state index in [-0.39, 0.29) is 11.8 Å². The van der Waals surface area contributed by atoms with Crippen LogP contribution in [0.15, 0.2) is 48.5 Å². The van der Waals surface area contributed by atoms with Crippen molar-refractivity contribution >= 4 is 23.2 Å². The first kappa shape index (κ1) is 21.8. The molecule has 2 amide bonds. The number of amides is 2. The van der Waals surface area contributed by atoms with Crippen molar-refractivity contribution in [1.82, 2.24) is 4.90 Å². The molecule has 1 saturated carbocycles. The third-order valence-corrected chi connectivity index (χ3v) is 5.31. The van der Waals surface area contributed by atoms with Crippen molar-refractivity contribution in [3.05, 3.63) is 54.1 Å². The second kappa shape index (κ2) is 10.8. The van der Waals surface area contributed by atoms with Crippen molar-refractivity contribution in [2.75, 3.05) is 37.4 Å². The monoisotopic (exact) mass is 409 g/mol. The SMILES string of the molecule is CCOc1ccc(NC(=O)c2ccc(NC(=O)CN(C)CC3CCCC3)cc2)cc1. The molecule has 0 aliphatic heterocycles. The van der Waals surface area contributed by atoms with Gasteiger partial charge >= 0.3 is 0 Å². The number of carbonyl (C=O) groups excluding carboxylic acids is 2. The quantitative estimate of drug-likeness (QED) is 0.644. The Kier molecular flexibility index (Phi) is 7.85. The molecule has 0 heterocycles. The number of rotatable bonds is 9. The summed E-state index contributed by atoms with van der Waals surface area (Å²) in [7, 11) is 1.99. The van der Waals surface area contributed by atoms with Crippen molar-refractivity contribution in [1.29, 1.82) is 0 Å². The Labute approximate surface area is 178 Å². The highest BCUT2D eigenvalue weighted by molar-refractivity contribution is 6.04. The number of nitrogens with one attached hydrogen (secondary N) is 2. The summed E-state index contributed by atoms with van der Waals surface area (Å²) < 4.78 is 5.40. The molecule has 6 nitrogen and oxygen atoms in total. The van der Waals surface area contributed by atoms with Gasteiger partial charge in [-0.3, -0.25) is 14.5 Å². The maximum absolute atomic E-state index is 12.4. The number of likely N-dealkylation sites (N-methyl/N-ethyl adjacent to an activating group) is 1. The lowest BCUT2D eigenvalue weighted by Crippen LogP contribution is -2.33. The van der Waals surface area contributed by atoms with Crippen LogP contribution in [-0.2, 0) is 4.79 Å². The predicted molar refractivity (Wildman–Crippen MR) is 120 cm³/mol. The summed E-state index contributed by atoms with van der Waals surface area (Å²) in [4.78, 5) is 26.8. The summed E-state index contributed by atoms with van der Waals surface area (Å²) in [6.45, 7) is 3.87. The van der Waals surface area contributed by atoms with Gasteiger partial charge in [-0.15, -0.1) is 0 Å². The molecule has 0 bridgehead atoms. The van der Waals surface area contributed by atoms with E-state index in [1.807, 2.05) is 26.1 Å². The average Bonchev–Trinajstić information content (AvgIpc) is 3.23. The first-order valence-electron chi connectivity index (χ1n) is 10.7. The largest absolute Gasteiger partial charge is 0.494 e. The van der Waals surface area contributed by atoms with Crippen LogP contribution in [0.2, 0.25) is 0 Å². The molecule has 2 aromatic carbocycles. The van der Waals surface area contributed by atoms with E-state index in [4.69, 9.17) is 4.74 Å². The highest BCUT2D eigenvalue weighted by Crippen LogP contribution is 2.25. The number of carbonyl (C=O) groups is 2. The molecule has 160 valence electrons. The van der Waals surface area contributed by atoms with E-state index in [1.165, 1.54) is 25.7 Å². The third-order valence-electron chi connectivity index (χ3n) is 5.31. The minimum atomic E-state index is -0.201. The van der Waals surface area contributed by atoms with E-state index in [1.54, 1.807) is 36.4 Å². The summed E-state index contributed by atoms with van der Waals surface area (Å²) in [5.41, 5.74) is 1.92. The zero-order chi connectivity index (χ0) is 21.3. The van der Waals surface area contributed by atoms with E-state index in [9.17, 15) is 9.59 Å². The molecule has 1 aliphatic carbocycles. The summed E-state index contributed by atoms with van der Waals surface area (Å²) in [6.07, 6.45) is 5.16. The maximum atomic E-state index is 12.4. The van der Waals surface area contributed by atoms with E-state index in [0.29, 0.717) is 30.1 Å². The van der Waals surface area contributed by atoms with E-state index in [0.717, 1.165) is 18.2 Å². The molecule has 1 fully saturated rings. The van der Waals surface area contributed by atoms with Gasteiger partial charge in [-0.05, 0) is 81.3 Å². The van der Waals surface area contributed by atoms with E-state index >= 15 is 0 Å². The third kappa shape index (κ3) is 6.59. The minimum absolute atomic E-state index is 0.0397. The number of hydrogen-bond acceptors (Lipinski definition) is 4. The standard InChI is InChI=1S/C24H31N3O3/c1-3-30-22-14-12-21(13-15-22)26-24(29)19-8-10-20(11-9-19)25-23(28)17-27(2)16-18-6-4-5-7-18/h8-15,18H,3-7,16-17H2,1-2H3,(H,25,28)(H,26,29). The predicted octanol–water partition coefficient (Wildman–Crippen LogP) is 4.40. The molecule has 0 saturated heterocycles. The average molecular weight is 410 g/mol. The molecule has 2 aromatic rings. The lowest BCUT2D eigenvalue weighted by atomic mass is 10.1. The van der Waals surface area contributed by atoms with Gasteiger partial charge in [0.2, 0.25) is 5.91 Å². The molecule has 0 aromatic heterocycles. The number of anilines is 2. The van der Waals surface area contributed by atoms with Crippen molar-refractivity contribution in [2.45, 2.75) is 32.6 Å². The van der Waals surface area contributed by atoms with Crippen molar-refractivity contribution in [3.8, 4) is 5.75 Å².